The van der Waals surface area contributed by atoms with E-state index in [1.54, 1.807) is 23.5 Å². The van der Waals surface area contributed by atoms with Crippen LogP contribution in [0.5, 0.6) is 0 Å². The average Bonchev–Trinajstić information content (AvgIpc) is 2.98. The van der Waals surface area contributed by atoms with E-state index in [1.165, 1.54) is 4.68 Å². The Hall–Kier alpha value is -1.91. The minimum Gasteiger partial charge on any atom is -0.268 e. The quantitative estimate of drug-likeness (QED) is 0.740. The van der Waals surface area contributed by atoms with E-state index in [1.807, 2.05) is 41.8 Å². The third-order valence-corrected chi connectivity index (χ3v) is 4.03. The van der Waals surface area contributed by atoms with Crippen LogP contribution in [-0.4, -0.2) is 9.78 Å². The monoisotopic (exact) mass is 302 g/mol. The Labute approximate surface area is 125 Å². The second-order valence-electron chi connectivity index (χ2n) is 4.32. The zero-order valence-corrected chi connectivity index (χ0v) is 12.1. The van der Waals surface area contributed by atoms with Crippen LogP contribution in [0.25, 0.3) is 10.6 Å². The summed E-state index contributed by atoms with van der Waals surface area (Å²) in [5.74, 6) is 0. The van der Waals surface area contributed by atoms with Crippen LogP contribution in [0.1, 0.15) is 5.56 Å². The molecule has 2 aromatic heterocycles. The molecular formula is C15H11ClN2OS. The van der Waals surface area contributed by atoms with Gasteiger partial charge >= 0.3 is 0 Å². The summed E-state index contributed by atoms with van der Waals surface area (Å²) >= 11 is 7.46. The van der Waals surface area contributed by atoms with Crippen molar-refractivity contribution in [2.24, 2.45) is 0 Å². The van der Waals surface area contributed by atoms with Crippen molar-refractivity contribution in [2.45, 2.75) is 6.54 Å². The smallest absolute Gasteiger partial charge is 0.267 e. The number of hydrogen-bond donors (Lipinski definition) is 0. The van der Waals surface area contributed by atoms with Crippen LogP contribution in [0, 0.1) is 0 Å². The molecule has 1 aromatic carbocycles. The Morgan fingerprint density at radius 2 is 1.90 bits per heavy atom. The molecule has 20 heavy (non-hydrogen) atoms. The molecule has 0 spiro atoms. The Morgan fingerprint density at radius 3 is 2.60 bits per heavy atom. The maximum Gasteiger partial charge on any atom is 0.267 e. The highest BCUT2D eigenvalue weighted by Crippen LogP contribution is 2.21. The number of thiophene rings is 1. The Morgan fingerprint density at radius 1 is 1.10 bits per heavy atom. The van der Waals surface area contributed by atoms with E-state index < -0.39 is 0 Å². The first-order valence-corrected chi connectivity index (χ1v) is 7.34. The molecule has 0 aliphatic rings. The first kappa shape index (κ1) is 13.1. The summed E-state index contributed by atoms with van der Waals surface area (Å²) in [4.78, 5) is 12.9. The molecule has 0 atom stereocenters. The van der Waals surface area contributed by atoms with Crippen LogP contribution in [0.2, 0.25) is 5.02 Å². The fraction of sp³-hybridized carbons (Fsp3) is 0.0667. The first-order chi connectivity index (χ1) is 9.72. The molecule has 0 aliphatic carbocycles. The number of halogens is 1. The van der Waals surface area contributed by atoms with Gasteiger partial charge in [-0.05, 0) is 35.2 Å². The van der Waals surface area contributed by atoms with E-state index in [-0.39, 0.29) is 5.56 Å². The van der Waals surface area contributed by atoms with Gasteiger partial charge in [0.05, 0.1) is 11.4 Å². The number of nitrogens with zero attached hydrogens (tertiary/aromatic N) is 2. The Kier molecular flexibility index (Phi) is 3.67. The lowest BCUT2D eigenvalue weighted by Crippen LogP contribution is -2.22. The van der Waals surface area contributed by atoms with Crippen molar-refractivity contribution in [1.29, 1.82) is 0 Å². The van der Waals surface area contributed by atoms with Crippen LogP contribution in [0.15, 0.2) is 58.7 Å². The van der Waals surface area contributed by atoms with Crippen molar-refractivity contribution in [3.05, 3.63) is 74.9 Å². The van der Waals surface area contributed by atoms with Crippen molar-refractivity contribution in [3.8, 4) is 10.6 Å². The van der Waals surface area contributed by atoms with E-state index in [0.717, 1.165) is 16.1 Å². The van der Waals surface area contributed by atoms with E-state index >= 15 is 0 Å². The van der Waals surface area contributed by atoms with Crippen molar-refractivity contribution < 1.29 is 0 Å². The Bertz CT molecular complexity index is 763. The molecular weight excluding hydrogens is 292 g/mol. The molecule has 0 aliphatic heterocycles. The second-order valence-corrected chi connectivity index (χ2v) is 5.70. The highest BCUT2D eigenvalue weighted by Gasteiger charge is 2.05. The third-order valence-electron chi connectivity index (χ3n) is 2.89. The summed E-state index contributed by atoms with van der Waals surface area (Å²) in [6, 6.07) is 14.7. The second kappa shape index (κ2) is 5.61. The molecule has 2 heterocycles. The van der Waals surface area contributed by atoms with Crippen LogP contribution in [0.4, 0.5) is 0 Å². The molecule has 0 unspecified atom stereocenters. The van der Waals surface area contributed by atoms with Crippen molar-refractivity contribution in [1.82, 2.24) is 9.78 Å². The normalized spacial score (nSPS) is 10.7. The molecule has 3 nitrogen and oxygen atoms in total. The van der Waals surface area contributed by atoms with Crippen LogP contribution in [-0.2, 0) is 6.54 Å². The summed E-state index contributed by atoms with van der Waals surface area (Å²) in [6.45, 7) is 0.440. The average molecular weight is 303 g/mol. The molecule has 3 aromatic rings. The summed E-state index contributed by atoms with van der Waals surface area (Å²) < 4.78 is 1.47. The van der Waals surface area contributed by atoms with Crippen LogP contribution >= 0.6 is 22.9 Å². The topological polar surface area (TPSA) is 34.9 Å². The molecule has 0 N–H and O–H groups in total. The summed E-state index contributed by atoms with van der Waals surface area (Å²) in [5, 5.41) is 7.09. The van der Waals surface area contributed by atoms with Crippen molar-refractivity contribution >= 4 is 22.9 Å². The lowest BCUT2D eigenvalue weighted by Gasteiger charge is -2.06. The zero-order chi connectivity index (χ0) is 13.9. The first-order valence-electron chi connectivity index (χ1n) is 6.09. The van der Waals surface area contributed by atoms with Gasteiger partial charge in [-0.1, -0.05) is 29.8 Å². The summed E-state index contributed by atoms with van der Waals surface area (Å²) in [7, 11) is 0. The molecule has 0 fully saturated rings. The van der Waals surface area contributed by atoms with Gasteiger partial charge in [0.1, 0.15) is 5.69 Å². The van der Waals surface area contributed by atoms with Gasteiger partial charge in [-0.25, -0.2) is 4.68 Å². The van der Waals surface area contributed by atoms with E-state index in [4.69, 9.17) is 11.6 Å². The largest absolute Gasteiger partial charge is 0.268 e. The van der Waals surface area contributed by atoms with E-state index in [9.17, 15) is 4.79 Å². The molecule has 3 rings (SSSR count). The number of rotatable bonds is 3. The highest BCUT2D eigenvalue weighted by atomic mass is 35.5. The van der Waals surface area contributed by atoms with Gasteiger partial charge in [-0.15, -0.1) is 11.3 Å². The predicted octanol–water partition coefficient (Wildman–Crippen LogP) is 3.67. The fourth-order valence-corrected chi connectivity index (χ4v) is 2.70. The number of benzene rings is 1. The van der Waals surface area contributed by atoms with E-state index in [0.29, 0.717) is 11.6 Å². The summed E-state index contributed by atoms with van der Waals surface area (Å²) in [6.07, 6.45) is 0. The van der Waals surface area contributed by atoms with Gasteiger partial charge in [0.15, 0.2) is 0 Å². The van der Waals surface area contributed by atoms with Crippen LogP contribution in [0.3, 0.4) is 0 Å². The molecule has 100 valence electrons. The van der Waals surface area contributed by atoms with Crippen molar-refractivity contribution in [2.75, 3.05) is 0 Å². The van der Waals surface area contributed by atoms with Gasteiger partial charge in [0.25, 0.3) is 5.56 Å². The fourth-order valence-electron chi connectivity index (χ4n) is 1.88. The number of hydrogen-bond acceptors (Lipinski definition) is 3. The predicted molar refractivity (Wildman–Crippen MR) is 82.4 cm³/mol. The van der Waals surface area contributed by atoms with Gasteiger partial charge in [0.2, 0.25) is 0 Å². The highest BCUT2D eigenvalue weighted by molar-refractivity contribution is 7.13. The minimum atomic E-state index is -0.111. The van der Waals surface area contributed by atoms with Gasteiger partial charge in [0, 0.05) is 11.1 Å². The SMILES string of the molecule is O=c1ccc(-c2cccs2)nn1Cc1ccc(Cl)cc1. The maximum absolute atomic E-state index is 11.9. The van der Waals surface area contributed by atoms with E-state index in [2.05, 4.69) is 5.10 Å². The van der Waals surface area contributed by atoms with Gasteiger partial charge < -0.3 is 0 Å². The molecule has 0 saturated heterocycles. The molecule has 0 amide bonds. The standard InChI is InChI=1S/C15H11ClN2OS/c16-12-5-3-11(4-6-12)10-18-15(19)8-7-13(17-18)14-2-1-9-20-14/h1-9H,10H2. The van der Waals surface area contributed by atoms with Gasteiger partial charge in [-0.2, -0.15) is 5.10 Å². The summed E-state index contributed by atoms with van der Waals surface area (Å²) in [5.41, 5.74) is 1.70. The van der Waals surface area contributed by atoms with Crippen molar-refractivity contribution in [3.63, 3.8) is 0 Å². The van der Waals surface area contributed by atoms with Crippen LogP contribution < -0.4 is 5.56 Å². The molecule has 5 heteroatoms. The lowest BCUT2D eigenvalue weighted by atomic mass is 10.2. The molecule has 0 radical (unpaired) electrons. The number of aromatic nitrogens is 2. The molecule has 0 saturated carbocycles. The van der Waals surface area contributed by atoms with Gasteiger partial charge in [-0.3, -0.25) is 4.79 Å². The minimum absolute atomic E-state index is 0.111. The zero-order valence-electron chi connectivity index (χ0n) is 10.5. The maximum atomic E-state index is 11.9. The molecule has 0 bridgehead atoms. The Balaban J connectivity index is 1.95. The third kappa shape index (κ3) is 2.81. The lowest BCUT2D eigenvalue weighted by molar-refractivity contribution is 0.643.